The first kappa shape index (κ1) is 14.9. The molecule has 0 aliphatic carbocycles. The van der Waals surface area contributed by atoms with Crippen LogP contribution in [0.25, 0.3) is 0 Å². The molecule has 0 unspecified atom stereocenters. The van der Waals surface area contributed by atoms with Gasteiger partial charge in [-0.25, -0.2) is 4.98 Å². The zero-order valence-corrected chi connectivity index (χ0v) is 12.4. The fourth-order valence-corrected chi connectivity index (χ4v) is 2.94. The Kier molecular flexibility index (Phi) is 4.15. The molecule has 1 aliphatic heterocycles. The molecule has 0 bridgehead atoms. The van der Waals surface area contributed by atoms with E-state index in [0.29, 0.717) is 11.7 Å². The number of nitriles is 1. The summed E-state index contributed by atoms with van der Waals surface area (Å²) in [5.41, 5.74) is 1.25. The summed E-state index contributed by atoms with van der Waals surface area (Å²) in [5.74, 6) is 0.840. The Morgan fingerprint density at radius 2 is 2.30 bits per heavy atom. The Morgan fingerprint density at radius 1 is 1.43 bits per heavy atom. The van der Waals surface area contributed by atoms with Crippen molar-refractivity contribution in [1.82, 2.24) is 9.97 Å². The van der Waals surface area contributed by atoms with Gasteiger partial charge in [0.25, 0.3) is 5.69 Å². The van der Waals surface area contributed by atoms with Gasteiger partial charge in [0.05, 0.1) is 4.92 Å². The fraction of sp³-hybridized carbons (Fsp3) is 0.312. The van der Waals surface area contributed by atoms with Crippen molar-refractivity contribution in [3.8, 4) is 6.07 Å². The van der Waals surface area contributed by atoms with E-state index in [4.69, 9.17) is 0 Å². The maximum Gasteiger partial charge on any atom is 0.289 e. The van der Waals surface area contributed by atoms with E-state index in [1.807, 2.05) is 23.2 Å². The second-order valence-corrected chi connectivity index (χ2v) is 5.51. The molecule has 2 aromatic rings. The fourth-order valence-electron chi connectivity index (χ4n) is 2.94. The highest BCUT2D eigenvalue weighted by atomic mass is 16.6. The van der Waals surface area contributed by atoms with Crippen molar-refractivity contribution >= 4 is 11.5 Å². The summed E-state index contributed by atoms with van der Waals surface area (Å²) in [5, 5.41) is 20.1. The molecule has 0 N–H and O–H groups in total. The summed E-state index contributed by atoms with van der Waals surface area (Å²) in [6.45, 7) is 1.52. The first-order chi connectivity index (χ1) is 11.2. The molecule has 116 valence electrons. The van der Waals surface area contributed by atoms with E-state index in [1.54, 1.807) is 6.20 Å². The average Bonchev–Trinajstić information content (AvgIpc) is 2.62. The molecule has 23 heavy (non-hydrogen) atoms. The minimum absolute atomic E-state index is 0.161. The van der Waals surface area contributed by atoms with Gasteiger partial charge in [-0.2, -0.15) is 5.26 Å². The number of aromatic nitrogens is 2. The predicted molar refractivity (Wildman–Crippen MR) is 84.0 cm³/mol. The third-order valence-electron chi connectivity index (χ3n) is 4.06. The lowest BCUT2D eigenvalue weighted by atomic mass is 9.91. The van der Waals surface area contributed by atoms with E-state index in [1.165, 1.54) is 12.3 Å². The minimum atomic E-state index is -0.535. The van der Waals surface area contributed by atoms with E-state index in [-0.39, 0.29) is 11.3 Å². The highest BCUT2D eigenvalue weighted by molar-refractivity contribution is 5.57. The van der Waals surface area contributed by atoms with E-state index < -0.39 is 4.92 Å². The molecule has 3 heterocycles. The quantitative estimate of drug-likeness (QED) is 0.638. The molecule has 0 aromatic carbocycles. The molecule has 0 saturated carbocycles. The van der Waals surface area contributed by atoms with Crippen molar-refractivity contribution < 1.29 is 4.92 Å². The van der Waals surface area contributed by atoms with Gasteiger partial charge in [-0.3, -0.25) is 15.1 Å². The van der Waals surface area contributed by atoms with Gasteiger partial charge < -0.3 is 4.90 Å². The second kappa shape index (κ2) is 6.40. The molecule has 1 atom stereocenters. The summed E-state index contributed by atoms with van der Waals surface area (Å²) in [7, 11) is 0. The Bertz CT molecular complexity index is 757. The van der Waals surface area contributed by atoms with Crippen molar-refractivity contribution in [1.29, 1.82) is 5.26 Å². The van der Waals surface area contributed by atoms with Gasteiger partial charge in [0.2, 0.25) is 0 Å². The summed E-state index contributed by atoms with van der Waals surface area (Å²) in [6, 6.07) is 7.28. The molecule has 7 heteroatoms. The normalized spacial score (nSPS) is 17.5. The number of hydrogen-bond donors (Lipinski definition) is 0. The SMILES string of the molecule is N#Cc1cc([N+](=O)[O-])cnc1N1CCC[C@H](c2cccnc2)C1. The highest BCUT2D eigenvalue weighted by Gasteiger charge is 2.25. The Labute approximate surface area is 133 Å². The first-order valence-electron chi connectivity index (χ1n) is 7.38. The van der Waals surface area contributed by atoms with Crippen molar-refractivity contribution in [2.24, 2.45) is 0 Å². The molecule has 1 aliphatic rings. The first-order valence-corrected chi connectivity index (χ1v) is 7.38. The van der Waals surface area contributed by atoms with Gasteiger partial charge in [0.15, 0.2) is 0 Å². The van der Waals surface area contributed by atoms with Crippen LogP contribution in [0.1, 0.15) is 29.9 Å². The minimum Gasteiger partial charge on any atom is -0.355 e. The second-order valence-electron chi connectivity index (χ2n) is 5.51. The lowest BCUT2D eigenvalue weighted by Crippen LogP contribution is -2.35. The summed E-state index contributed by atoms with van der Waals surface area (Å²) in [4.78, 5) is 20.7. The summed E-state index contributed by atoms with van der Waals surface area (Å²) >= 11 is 0. The van der Waals surface area contributed by atoms with E-state index >= 15 is 0 Å². The van der Waals surface area contributed by atoms with E-state index in [0.717, 1.165) is 31.5 Å². The lowest BCUT2D eigenvalue weighted by Gasteiger charge is -2.34. The highest BCUT2D eigenvalue weighted by Crippen LogP contribution is 2.31. The molecule has 0 radical (unpaired) electrons. The largest absolute Gasteiger partial charge is 0.355 e. The molecular formula is C16H15N5O2. The number of pyridine rings is 2. The maximum absolute atomic E-state index is 10.8. The van der Waals surface area contributed by atoms with Crippen LogP contribution in [0.15, 0.2) is 36.8 Å². The van der Waals surface area contributed by atoms with Crippen LogP contribution < -0.4 is 4.90 Å². The molecule has 2 aromatic heterocycles. The molecule has 0 spiro atoms. The van der Waals surface area contributed by atoms with Crippen LogP contribution in [0.3, 0.4) is 0 Å². The van der Waals surface area contributed by atoms with Gasteiger partial charge >= 0.3 is 0 Å². The van der Waals surface area contributed by atoms with Crippen LogP contribution in [0.4, 0.5) is 11.5 Å². The van der Waals surface area contributed by atoms with Crippen molar-refractivity contribution in [2.45, 2.75) is 18.8 Å². The molecule has 7 nitrogen and oxygen atoms in total. The van der Waals surface area contributed by atoms with Crippen LogP contribution in [-0.2, 0) is 0 Å². The van der Waals surface area contributed by atoms with Gasteiger partial charge in [0.1, 0.15) is 23.6 Å². The third kappa shape index (κ3) is 3.11. The molecule has 0 amide bonds. The van der Waals surface area contributed by atoms with Crippen LogP contribution in [0.2, 0.25) is 0 Å². The lowest BCUT2D eigenvalue weighted by molar-refractivity contribution is -0.385. The molecule has 1 fully saturated rings. The van der Waals surface area contributed by atoms with Crippen LogP contribution in [0.5, 0.6) is 0 Å². The van der Waals surface area contributed by atoms with Crippen LogP contribution >= 0.6 is 0 Å². The van der Waals surface area contributed by atoms with Crippen LogP contribution in [0, 0.1) is 21.4 Å². The Balaban J connectivity index is 1.87. The molecule has 1 saturated heterocycles. The van der Waals surface area contributed by atoms with Gasteiger partial charge in [-0.15, -0.1) is 0 Å². The predicted octanol–water partition coefficient (Wildman–Crippen LogP) is 2.64. The Hall–Kier alpha value is -3.01. The molecule has 3 rings (SSSR count). The number of piperidine rings is 1. The topological polar surface area (TPSA) is 95.9 Å². The third-order valence-corrected chi connectivity index (χ3v) is 4.06. The van der Waals surface area contributed by atoms with Gasteiger partial charge in [0, 0.05) is 37.5 Å². The van der Waals surface area contributed by atoms with Gasteiger partial charge in [-0.05, 0) is 24.5 Å². The average molecular weight is 309 g/mol. The standard InChI is InChI=1S/C16H15N5O2/c17-8-14-7-15(21(22)23)10-19-16(14)20-6-2-4-13(11-20)12-3-1-5-18-9-12/h1,3,5,7,9-10,13H,2,4,6,11H2/t13-/m0/s1. The molecular weight excluding hydrogens is 294 g/mol. The zero-order chi connectivity index (χ0) is 16.2. The van der Waals surface area contributed by atoms with Crippen molar-refractivity contribution in [3.63, 3.8) is 0 Å². The van der Waals surface area contributed by atoms with E-state index in [2.05, 4.69) is 16.0 Å². The monoisotopic (exact) mass is 309 g/mol. The zero-order valence-electron chi connectivity index (χ0n) is 12.4. The smallest absolute Gasteiger partial charge is 0.289 e. The number of rotatable bonds is 3. The van der Waals surface area contributed by atoms with E-state index in [9.17, 15) is 15.4 Å². The number of anilines is 1. The number of nitro groups is 1. The summed E-state index contributed by atoms with van der Waals surface area (Å²) < 4.78 is 0. The van der Waals surface area contributed by atoms with Crippen molar-refractivity contribution in [3.05, 3.63) is 58.0 Å². The maximum atomic E-state index is 10.8. The van der Waals surface area contributed by atoms with Crippen LogP contribution in [-0.4, -0.2) is 28.0 Å². The van der Waals surface area contributed by atoms with Crippen molar-refractivity contribution in [2.75, 3.05) is 18.0 Å². The number of nitrogens with zero attached hydrogens (tertiary/aromatic N) is 5. The van der Waals surface area contributed by atoms with Gasteiger partial charge in [-0.1, -0.05) is 6.07 Å². The Morgan fingerprint density at radius 3 is 3.00 bits per heavy atom. The number of hydrogen-bond acceptors (Lipinski definition) is 6. The summed E-state index contributed by atoms with van der Waals surface area (Å²) in [6.07, 6.45) is 6.85.